The summed E-state index contributed by atoms with van der Waals surface area (Å²) in [5.41, 5.74) is 16.7. The number of fused-ring (bicyclic) bond motifs is 8. The van der Waals surface area contributed by atoms with Crippen LogP contribution in [0.1, 0.15) is 11.5 Å². The summed E-state index contributed by atoms with van der Waals surface area (Å²) in [5.74, 6) is 0.255. The van der Waals surface area contributed by atoms with Gasteiger partial charge in [0.2, 0.25) is 0 Å². The first-order valence-corrected chi connectivity index (χ1v) is 21.5. The van der Waals surface area contributed by atoms with Gasteiger partial charge in [-0.3, -0.25) is 0 Å². The van der Waals surface area contributed by atoms with Crippen molar-refractivity contribution in [3.8, 4) is 39.6 Å². The van der Waals surface area contributed by atoms with Crippen LogP contribution in [0, 0.1) is 0 Å². The maximum Gasteiger partial charge on any atom is 0.0629 e. The minimum absolute atomic E-state index is 0.229. The Labute approximate surface area is 359 Å². The molecular formula is C58H40N4. The second-order valence-corrected chi connectivity index (χ2v) is 16.6. The normalized spacial score (nSPS) is 15.6. The molecule has 0 N–H and O–H groups in total. The Balaban J connectivity index is 1.04. The van der Waals surface area contributed by atoms with Crippen LogP contribution in [0.4, 0.5) is 11.4 Å². The topological polar surface area (TPSA) is 18.0 Å². The Morgan fingerprint density at radius 1 is 0.339 bits per heavy atom. The highest BCUT2D eigenvalue weighted by Crippen LogP contribution is 2.49. The number of rotatable bonds is 6. The molecule has 62 heavy (non-hydrogen) atoms. The summed E-state index contributed by atoms with van der Waals surface area (Å²) < 4.78 is 7.34. The summed E-state index contributed by atoms with van der Waals surface area (Å²) in [5, 5.41) is 4.86. The molecule has 0 saturated heterocycles. The van der Waals surface area contributed by atoms with Crippen molar-refractivity contribution >= 4 is 55.0 Å². The Kier molecular flexibility index (Phi) is 7.70. The first-order chi connectivity index (χ1) is 30.8. The van der Waals surface area contributed by atoms with E-state index in [4.69, 9.17) is 0 Å². The van der Waals surface area contributed by atoms with Gasteiger partial charge in [-0.1, -0.05) is 140 Å². The molecule has 4 nitrogen and oxygen atoms in total. The molecule has 0 fully saturated rings. The molecular weight excluding hydrogens is 753 g/mol. The third-order valence-corrected chi connectivity index (χ3v) is 13.1. The van der Waals surface area contributed by atoms with E-state index in [0.717, 1.165) is 22.8 Å². The molecule has 0 amide bonds. The zero-order valence-electron chi connectivity index (χ0n) is 33.9. The lowest BCUT2D eigenvalue weighted by Crippen LogP contribution is -2.28. The smallest absolute Gasteiger partial charge is 0.0629 e. The van der Waals surface area contributed by atoms with E-state index in [2.05, 4.69) is 249 Å². The van der Waals surface area contributed by atoms with E-state index in [1.165, 1.54) is 77.4 Å². The zero-order chi connectivity index (χ0) is 40.7. The van der Waals surface area contributed by atoms with E-state index < -0.39 is 0 Å². The second-order valence-electron chi connectivity index (χ2n) is 16.6. The van der Waals surface area contributed by atoms with Crippen LogP contribution < -0.4 is 4.90 Å². The summed E-state index contributed by atoms with van der Waals surface area (Å²) in [6.45, 7) is 0. The van der Waals surface area contributed by atoms with Crippen LogP contribution in [0.5, 0.6) is 0 Å². The zero-order valence-corrected chi connectivity index (χ0v) is 33.9. The molecule has 2 aliphatic rings. The third kappa shape index (κ3) is 5.26. The van der Waals surface area contributed by atoms with Crippen LogP contribution in [0.15, 0.2) is 231 Å². The van der Waals surface area contributed by atoms with E-state index in [0.29, 0.717) is 0 Å². The Morgan fingerprint density at radius 3 is 1.53 bits per heavy atom. The van der Waals surface area contributed by atoms with Crippen molar-refractivity contribution in [2.24, 2.45) is 0 Å². The average molecular weight is 793 g/mol. The fourth-order valence-corrected chi connectivity index (χ4v) is 10.4. The lowest BCUT2D eigenvalue weighted by Gasteiger charge is -2.28. The fraction of sp³-hybridized carbons (Fsp3) is 0.0345. The van der Waals surface area contributed by atoms with E-state index in [1.807, 2.05) is 0 Å². The maximum absolute atomic E-state index is 2.50. The molecule has 0 bridgehead atoms. The highest BCUT2D eigenvalue weighted by molar-refractivity contribution is 6.10. The predicted octanol–water partition coefficient (Wildman–Crippen LogP) is 14.7. The van der Waals surface area contributed by atoms with E-state index in [9.17, 15) is 0 Å². The van der Waals surface area contributed by atoms with Gasteiger partial charge in [-0.2, -0.15) is 0 Å². The van der Waals surface area contributed by atoms with Gasteiger partial charge >= 0.3 is 0 Å². The minimum atomic E-state index is 0.229. The lowest BCUT2D eigenvalue weighted by molar-refractivity contribution is 0.744. The summed E-state index contributed by atoms with van der Waals surface area (Å²) in [6.07, 6.45) is 9.12. The highest BCUT2D eigenvalue weighted by atomic mass is 15.2. The molecule has 1 aliphatic carbocycles. The number of hydrogen-bond acceptors (Lipinski definition) is 1. The van der Waals surface area contributed by atoms with Crippen molar-refractivity contribution in [2.75, 3.05) is 4.90 Å². The van der Waals surface area contributed by atoms with Gasteiger partial charge in [-0.25, -0.2) is 0 Å². The van der Waals surface area contributed by atoms with Gasteiger partial charge in [0, 0.05) is 55.9 Å². The number of benzene rings is 8. The summed E-state index contributed by atoms with van der Waals surface area (Å²) in [6, 6.07) is 75.9. The van der Waals surface area contributed by atoms with Gasteiger partial charge in [0.05, 0.1) is 39.5 Å². The van der Waals surface area contributed by atoms with Crippen LogP contribution in [0.2, 0.25) is 0 Å². The minimum Gasteiger partial charge on any atom is -0.333 e. The Bertz CT molecular complexity index is 3570. The first kappa shape index (κ1) is 34.8. The third-order valence-electron chi connectivity index (χ3n) is 13.1. The van der Waals surface area contributed by atoms with Gasteiger partial charge in [-0.15, -0.1) is 0 Å². The molecule has 2 atom stereocenters. The molecule has 4 heteroatoms. The van der Waals surface area contributed by atoms with Gasteiger partial charge in [0.1, 0.15) is 0 Å². The maximum atomic E-state index is 2.50. The molecule has 2 unspecified atom stereocenters. The van der Waals surface area contributed by atoms with Crippen molar-refractivity contribution in [1.82, 2.24) is 13.7 Å². The van der Waals surface area contributed by atoms with Crippen molar-refractivity contribution < 1.29 is 0 Å². The lowest BCUT2D eigenvalue weighted by atomic mass is 9.91. The Morgan fingerprint density at radius 2 is 0.871 bits per heavy atom. The molecule has 1 aliphatic heterocycles. The monoisotopic (exact) mass is 792 g/mol. The number of allylic oxidation sites excluding steroid dienone is 2. The predicted molar refractivity (Wildman–Crippen MR) is 259 cm³/mol. The van der Waals surface area contributed by atoms with E-state index >= 15 is 0 Å². The number of para-hydroxylation sites is 3. The number of hydrogen-bond donors (Lipinski definition) is 0. The molecule has 3 aromatic heterocycles. The van der Waals surface area contributed by atoms with E-state index in [-0.39, 0.29) is 12.0 Å². The van der Waals surface area contributed by atoms with Crippen LogP contribution in [-0.4, -0.2) is 19.7 Å². The molecule has 13 rings (SSSR count). The van der Waals surface area contributed by atoms with Crippen LogP contribution in [-0.2, 0) is 0 Å². The first-order valence-electron chi connectivity index (χ1n) is 21.5. The van der Waals surface area contributed by atoms with E-state index in [1.54, 1.807) is 0 Å². The average Bonchev–Trinajstić information content (AvgIpc) is 4.09. The molecule has 8 aromatic carbocycles. The van der Waals surface area contributed by atoms with Crippen molar-refractivity contribution in [1.29, 1.82) is 0 Å². The van der Waals surface area contributed by atoms with Crippen molar-refractivity contribution in [3.05, 3.63) is 236 Å². The molecule has 11 aromatic rings. The van der Waals surface area contributed by atoms with Crippen LogP contribution >= 0.6 is 0 Å². The molecule has 4 heterocycles. The van der Waals surface area contributed by atoms with Crippen molar-refractivity contribution in [3.63, 3.8) is 0 Å². The van der Waals surface area contributed by atoms with Gasteiger partial charge in [-0.05, 0) is 108 Å². The standard InChI is InChI=1S/C58H40N4/c1-5-17-39(18-6-1)55-33-41-35-58-42(36-57(41)61(55)45-29-31-53-49(37-45)47-25-13-15-27-51(47)59(53)43-21-9-3-10-22-43)34-56(40-19-7-2-8-20-40)62(58)46-30-32-54-50(38-46)48-26-14-16-28-52(48)60(54)44-23-11-4-12-24-44/h1-38,47,51H. The summed E-state index contributed by atoms with van der Waals surface area (Å²) in [7, 11) is 0. The van der Waals surface area contributed by atoms with Crippen molar-refractivity contribution in [2.45, 2.75) is 12.0 Å². The molecule has 0 saturated carbocycles. The Hall–Kier alpha value is -8.08. The fourth-order valence-electron chi connectivity index (χ4n) is 10.4. The number of aromatic nitrogens is 3. The SMILES string of the molecule is C1=CC2c3cc(-n4c(-c5ccccc5)cc5cc6c(cc(-c7ccccc7)n6-c6ccc7c(c6)c6ccccc6n7-c6ccccc6)cc54)ccc3N(c3ccccc3)C2C=C1. The molecule has 292 valence electrons. The molecule has 0 radical (unpaired) electrons. The van der Waals surface area contributed by atoms with Crippen LogP contribution in [0.3, 0.4) is 0 Å². The summed E-state index contributed by atoms with van der Waals surface area (Å²) in [4.78, 5) is 2.50. The molecule has 0 spiro atoms. The van der Waals surface area contributed by atoms with Gasteiger partial charge < -0.3 is 18.6 Å². The largest absolute Gasteiger partial charge is 0.333 e. The summed E-state index contributed by atoms with van der Waals surface area (Å²) >= 11 is 0. The quantitative estimate of drug-likeness (QED) is 0.164. The highest BCUT2D eigenvalue weighted by Gasteiger charge is 2.37. The van der Waals surface area contributed by atoms with Gasteiger partial charge in [0.25, 0.3) is 0 Å². The number of anilines is 2. The second kappa shape index (κ2) is 13.7. The van der Waals surface area contributed by atoms with Gasteiger partial charge in [0.15, 0.2) is 0 Å². The number of nitrogens with zero attached hydrogens (tertiary/aromatic N) is 4. The van der Waals surface area contributed by atoms with Crippen LogP contribution in [0.25, 0.3) is 83.2 Å².